The first-order valence-electron chi connectivity index (χ1n) is 7.58. The monoisotopic (exact) mass is 283 g/mol. The predicted molar refractivity (Wildman–Crippen MR) is 88.6 cm³/mol. The highest BCUT2D eigenvalue weighted by Crippen LogP contribution is 2.35. The van der Waals surface area contributed by atoms with Crippen molar-refractivity contribution in [3.63, 3.8) is 0 Å². The molecule has 0 bridgehead atoms. The smallest absolute Gasteiger partial charge is 0.0505 e. The molecule has 1 N–H and O–H groups in total. The van der Waals surface area contributed by atoms with Crippen LogP contribution in [0.3, 0.4) is 0 Å². The van der Waals surface area contributed by atoms with E-state index in [1.165, 1.54) is 11.1 Å². The lowest BCUT2D eigenvalue weighted by Gasteiger charge is -2.28. The van der Waals surface area contributed by atoms with Gasteiger partial charge in [-0.1, -0.05) is 60.7 Å². The van der Waals surface area contributed by atoms with Gasteiger partial charge in [0.15, 0.2) is 0 Å². The van der Waals surface area contributed by atoms with E-state index in [4.69, 9.17) is 0 Å². The zero-order valence-electron chi connectivity index (χ0n) is 12.9. The van der Waals surface area contributed by atoms with Crippen molar-refractivity contribution in [2.24, 2.45) is 0 Å². The topological polar surface area (TPSA) is 23.5 Å². The number of nitrogens with zero attached hydrogens (tertiary/aromatic N) is 1. The van der Waals surface area contributed by atoms with E-state index in [9.17, 15) is 5.11 Å². The van der Waals surface area contributed by atoms with Crippen LogP contribution in [0.5, 0.6) is 0 Å². The molecule has 2 heteroatoms. The number of hydrogen-bond donors (Lipinski definition) is 1. The van der Waals surface area contributed by atoms with E-state index < -0.39 is 0 Å². The van der Waals surface area contributed by atoms with Crippen LogP contribution >= 0.6 is 0 Å². The first-order valence-corrected chi connectivity index (χ1v) is 7.58. The molecule has 0 saturated heterocycles. The first-order chi connectivity index (χ1) is 10.2. The van der Waals surface area contributed by atoms with E-state index in [1.807, 2.05) is 24.3 Å². The van der Waals surface area contributed by atoms with Crippen LogP contribution in [-0.2, 0) is 0 Å². The Balaban J connectivity index is 2.28. The van der Waals surface area contributed by atoms with Crippen molar-refractivity contribution in [3.8, 4) is 0 Å². The van der Waals surface area contributed by atoms with Crippen molar-refractivity contribution in [1.82, 2.24) is 4.90 Å². The lowest BCUT2D eigenvalue weighted by molar-refractivity contribution is 0.237. The second-order valence-electron chi connectivity index (χ2n) is 5.81. The predicted octanol–water partition coefficient (Wildman–Crippen LogP) is 3.50. The molecule has 0 amide bonds. The lowest BCUT2D eigenvalue weighted by Crippen LogP contribution is -2.21. The molecule has 0 aliphatic carbocycles. The molecule has 2 aromatic carbocycles. The average molecular weight is 283 g/mol. The van der Waals surface area contributed by atoms with Gasteiger partial charge in [-0.3, -0.25) is 0 Å². The number of hydrogen-bond acceptors (Lipinski definition) is 2. The molecule has 0 aromatic heterocycles. The summed E-state index contributed by atoms with van der Waals surface area (Å²) < 4.78 is 0. The highest BCUT2D eigenvalue weighted by Gasteiger charge is 2.24. The van der Waals surface area contributed by atoms with Gasteiger partial charge in [-0.05, 0) is 44.1 Å². The second-order valence-corrected chi connectivity index (χ2v) is 5.81. The molecule has 0 spiro atoms. The molecule has 21 heavy (non-hydrogen) atoms. The Bertz CT molecular complexity index is 510. The summed E-state index contributed by atoms with van der Waals surface area (Å²) in [5, 5.41) is 9.96. The molecule has 2 atom stereocenters. The summed E-state index contributed by atoms with van der Waals surface area (Å²) in [5.74, 6) is 0.481. The van der Waals surface area contributed by atoms with Gasteiger partial charge in [0.25, 0.3) is 0 Å². The van der Waals surface area contributed by atoms with Crippen LogP contribution in [0.15, 0.2) is 60.7 Å². The molecule has 0 aliphatic rings. The molecule has 0 aliphatic heterocycles. The minimum Gasteiger partial charge on any atom is -0.396 e. The summed E-state index contributed by atoms with van der Waals surface area (Å²) >= 11 is 0. The summed E-state index contributed by atoms with van der Waals surface area (Å²) in [4.78, 5) is 2.20. The van der Waals surface area contributed by atoms with E-state index >= 15 is 0 Å². The third kappa shape index (κ3) is 4.42. The Morgan fingerprint density at radius 2 is 1.29 bits per heavy atom. The zero-order valence-corrected chi connectivity index (χ0v) is 12.9. The standard InChI is InChI=1S/C19H25NO/c1-20(2)14-13-18(16-9-5-3-6-10-16)19(15-21)17-11-7-4-8-12-17/h3-12,18-19,21H,13-15H2,1-2H3/t18-,19+/m1/s1. The maximum Gasteiger partial charge on any atom is 0.0505 e. The van der Waals surface area contributed by atoms with Crippen LogP contribution in [0.2, 0.25) is 0 Å². The van der Waals surface area contributed by atoms with E-state index in [1.54, 1.807) is 0 Å². The van der Waals surface area contributed by atoms with Crippen molar-refractivity contribution in [2.45, 2.75) is 18.3 Å². The summed E-state index contributed by atoms with van der Waals surface area (Å²) in [6, 6.07) is 20.9. The largest absolute Gasteiger partial charge is 0.396 e. The Labute approximate surface area is 128 Å². The number of aliphatic hydroxyl groups is 1. The molecule has 2 aromatic rings. The maximum atomic E-state index is 9.96. The fourth-order valence-electron chi connectivity index (χ4n) is 2.86. The molecule has 112 valence electrons. The number of benzene rings is 2. The van der Waals surface area contributed by atoms with E-state index in [-0.39, 0.29) is 12.5 Å². The van der Waals surface area contributed by atoms with Gasteiger partial charge in [0.2, 0.25) is 0 Å². The van der Waals surface area contributed by atoms with Gasteiger partial charge in [-0.15, -0.1) is 0 Å². The Hall–Kier alpha value is -1.64. The summed E-state index contributed by atoms with van der Waals surface area (Å²) in [6.45, 7) is 1.19. The highest BCUT2D eigenvalue weighted by atomic mass is 16.3. The van der Waals surface area contributed by atoms with Gasteiger partial charge in [0, 0.05) is 5.92 Å². The van der Waals surface area contributed by atoms with Crippen LogP contribution in [0.25, 0.3) is 0 Å². The molecule has 2 rings (SSSR count). The van der Waals surface area contributed by atoms with Gasteiger partial charge >= 0.3 is 0 Å². The Morgan fingerprint density at radius 1 is 0.810 bits per heavy atom. The van der Waals surface area contributed by atoms with E-state index in [2.05, 4.69) is 55.4 Å². The van der Waals surface area contributed by atoms with Crippen molar-refractivity contribution < 1.29 is 5.11 Å². The van der Waals surface area contributed by atoms with Crippen LogP contribution < -0.4 is 0 Å². The van der Waals surface area contributed by atoms with Gasteiger partial charge in [0.05, 0.1) is 6.61 Å². The zero-order chi connectivity index (χ0) is 15.1. The first kappa shape index (κ1) is 15.7. The minimum absolute atomic E-state index is 0.147. The molecular formula is C19H25NO. The molecule has 0 fully saturated rings. The molecule has 0 radical (unpaired) electrons. The van der Waals surface area contributed by atoms with Crippen molar-refractivity contribution in [3.05, 3.63) is 71.8 Å². The van der Waals surface area contributed by atoms with Gasteiger partial charge in [0.1, 0.15) is 0 Å². The fraction of sp³-hybridized carbons (Fsp3) is 0.368. The number of aliphatic hydroxyl groups excluding tert-OH is 1. The number of rotatable bonds is 7. The molecule has 0 heterocycles. The maximum absolute atomic E-state index is 9.96. The minimum atomic E-state index is 0.147. The Kier molecular flexibility index (Phi) is 5.97. The molecule has 0 saturated carbocycles. The SMILES string of the molecule is CN(C)CC[C@H](c1ccccc1)[C@@H](CO)c1ccccc1. The molecular weight excluding hydrogens is 258 g/mol. The molecule has 2 nitrogen and oxygen atoms in total. The quantitative estimate of drug-likeness (QED) is 0.840. The van der Waals surface area contributed by atoms with Crippen molar-refractivity contribution >= 4 is 0 Å². The molecule has 0 unspecified atom stereocenters. The Morgan fingerprint density at radius 3 is 1.71 bits per heavy atom. The van der Waals surface area contributed by atoms with E-state index in [0.717, 1.165) is 13.0 Å². The lowest BCUT2D eigenvalue weighted by atomic mass is 9.80. The highest BCUT2D eigenvalue weighted by molar-refractivity contribution is 5.28. The van der Waals surface area contributed by atoms with Gasteiger partial charge < -0.3 is 10.0 Å². The van der Waals surface area contributed by atoms with Crippen LogP contribution in [0, 0.1) is 0 Å². The normalized spacial score (nSPS) is 14.1. The third-order valence-corrected chi connectivity index (χ3v) is 4.03. The summed E-state index contributed by atoms with van der Waals surface area (Å²) in [5.41, 5.74) is 2.52. The van der Waals surface area contributed by atoms with Gasteiger partial charge in [-0.25, -0.2) is 0 Å². The average Bonchev–Trinajstić information content (AvgIpc) is 2.53. The van der Waals surface area contributed by atoms with E-state index in [0.29, 0.717) is 5.92 Å². The summed E-state index contributed by atoms with van der Waals surface area (Å²) in [6.07, 6.45) is 1.04. The second kappa shape index (κ2) is 7.96. The third-order valence-electron chi connectivity index (χ3n) is 4.03. The van der Waals surface area contributed by atoms with Crippen molar-refractivity contribution in [2.75, 3.05) is 27.2 Å². The fourth-order valence-corrected chi connectivity index (χ4v) is 2.86. The van der Waals surface area contributed by atoms with Crippen LogP contribution in [0.1, 0.15) is 29.4 Å². The van der Waals surface area contributed by atoms with Gasteiger partial charge in [-0.2, -0.15) is 0 Å². The summed E-state index contributed by atoms with van der Waals surface area (Å²) in [7, 11) is 4.19. The van der Waals surface area contributed by atoms with Crippen molar-refractivity contribution in [1.29, 1.82) is 0 Å². The van der Waals surface area contributed by atoms with Crippen LogP contribution in [-0.4, -0.2) is 37.3 Å². The van der Waals surface area contributed by atoms with Crippen LogP contribution in [0.4, 0.5) is 0 Å².